The van der Waals surface area contributed by atoms with E-state index in [9.17, 15) is 0 Å². The number of fused-ring (bicyclic) bond motifs is 3. The Morgan fingerprint density at radius 2 is 2.00 bits per heavy atom. The van der Waals surface area contributed by atoms with Gasteiger partial charge in [-0.1, -0.05) is 35.1 Å². The maximum absolute atomic E-state index is 6.10. The number of aromatic amines is 1. The zero-order chi connectivity index (χ0) is 17.5. The number of hydrogen-bond acceptors (Lipinski definition) is 5. The molecule has 1 unspecified atom stereocenters. The predicted octanol–water partition coefficient (Wildman–Crippen LogP) is 4.10. The van der Waals surface area contributed by atoms with E-state index in [1.807, 2.05) is 12.1 Å². The summed E-state index contributed by atoms with van der Waals surface area (Å²) in [5.41, 5.74) is 4.69. The number of aromatic nitrogens is 3. The lowest BCUT2D eigenvalue weighted by Crippen LogP contribution is -2.36. The van der Waals surface area contributed by atoms with Crippen LogP contribution in [0.25, 0.3) is 10.6 Å². The molecule has 1 aliphatic carbocycles. The van der Waals surface area contributed by atoms with Crippen molar-refractivity contribution in [2.24, 2.45) is 0 Å². The van der Waals surface area contributed by atoms with Crippen molar-refractivity contribution in [3.05, 3.63) is 52.6 Å². The number of hydrogen-bond donors (Lipinski definition) is 1. The number of ether oxygens (including phenoxy) is 1. The number of thiazole rings is 1. The molecule has 2 aromatic heterocycles. The lowest BCUT2D eigenvalue weighted by atomic mass is 9.92. The molecule has 2 aliphatic rings. The van der Waals surface area contributed by atoms with E-state index in [4.69, 9.17) is 21.3 Å². The summed E-state index contributed by atoms with van der Waals surface area (Å²) in [4.78, 5) is 16.5. The number of rotatable bonds is 2. The van der Waals surface area contributed by atoms with Crippen molar-refractivity contribution in [2.45, 2.75) is 18.8 Å². The molecule has 0 amide bonds. The molecular weight excluding hydrogens is 368 g/mol. The smallest absolute Gasteiger partial charge is 0.186 e. The molecule has 1 N–H and O–H groups in total. The molecule has 7 heteroatoms. The zero-order valence-electron chi connectivity index (χ0n) is 14.2. The first-order valence-corrected chi connectivity index (χ1v) is 10.1. The molecular formula is C19H19ClN4OS. The second kappa shape index (κ2) is 6.68. The van der Waals surface area contributed by atoms with Gasteiger partial charge in [0.25, 0.3) is 0 Å². The molecule has 1 saturated heterocycles. The number of morpholine rings is 1. The maximum atomic E-state index is 6.10. The Morgan fingerprint density at radius 3 is 2.81 bits per heavy atom. The molecule has 3 aromatic rings. The number of benzene rings is 1. The highest BCUT2D eigenvalue weighted by Gasteiger charge is 2.30. The van der Waals surface area contributed by atoms with Crippen molar-refractivity contribution in [2.75, 3.05) is 31.2 Å². The van der Waals surface area contributed by atoms with Gasteiger partial charge in [0.15, 0.2) is 5.13 Å². The summed E-state index contributed by atoms with van der Waals surface area (Å²) in [5, 5.41) is 1.85. The van der Waals surface area contributed by atoms with Crippen LogP contribution in [-0.2, 0) is 11.2 Å². The van der Waals surface area contributed by atoms with Gasteiger partial charge >= 0.3 is 0 Å². The number of imidazole rings is 1. The maximum Gasteiger partial charge on any atom is 0.186 e. The summed E-state index contributed by atoms with van der Waals surface area (Å²) < 4.78 is 5.50. The van der Waals surface area contributed by atoms with Crippen LogP contribution in [-0.4, -0.2) is 41.3 Å². The summed E-state index contributed by atoms with van der Waals surface area (Å²) in [7, 11) is 0. The second-order valence-electron chi connectivity index (χ2n) is 6.68. The van der Waals surface area contributed by atoms with E-state index < -0.39 is 0 Å². The molecule has 1 fully saturated rings. The van der Waals surface area contributed by atoms with E-state index in [-0.39, 0.29) is 5.92 Å². The van der Waals surface area contributed by atoms with Gasteiger partial charge in [-0.15, -0.1) is 0 Å². The topological polar surface area (TPSA) is 54.0 Å². The van der Waals surface area contributed by atoms with Crippen LogP contribution in [0.4, 0.5) is 5.13 Å². The van der Waals surface area contributed by atoms with Gasteiger partial charge in [0.1, 0.15) is 0 Å². The van der Waals surface area contributed by atoms with Crippen LogP contribution < -0.4 is 4.90 Å². The molecule has 0 radical (unpaired) electrons. The molecule has 134 valence electrons. The van der Waals surface area contributed by atoms with Gasteiger partial charge in [0, 0.05) is 24.0 Å². The van der Waals surface area contributed by atoms with Gasteiger partial charge in [-0.05, 0) is 30.5 Å². The number of halogens is 1. The fourth-order valence-corrected chi connectivity index (χ4v) is 5.11. The van der Waals surface area contributed by atoms with E-state index in [0.29, 0.717) is 0 Å². The third-order valence-electron chi connectivity index (χ3n) is 5.14. The quantitative estimate of drug-likeness (QED) is 0.720. The summed E-state index contributed by atoms with van der Waals surface area (Å²) in [6, 6.07) is 8.18. The van der Waals surface area contributed by atoms with E-state index >= 15 is 0 Å². The highest BCUT2D eigenvalue weighted by atomic mass is 35.5. The van der Waals surface area contributed by atoms with E-state index in [2.05, 4.69) is 27.0 Å². The number of anilines is 1. The van der Waals surface area contributed by atoms with Crippen molar-refractivity contribution in [3.8, 4) is 10.6 Å². The molecule has 5 rings (SSSR count). The number of aryl methyl sites for hydroxylation is 1. The number of nitrogens with zero attached hydrogens (tertiary/aromatic N) is 3. The molecule has 0 bridgehead atoms. The van der Waals surface area contributed by atoms with Crippen LogP contribution in [0.5, 0.6) is 0 Å². The van der Waals surface area contributed by atoms with Crippen molar-refractivity contribution < 1.29 is 4.74 Å². The molecule has 0 saturated carbocycles. The fourth-order valence-electron chi connectivity index (χ4n) is 3.77. The highest BCUT2D eigenvalue weighted by molar-refractivity contribution is 7.19. The Balaban J connectivity index is 1.61. The van der Waals surface area contributed by atoms with E-state index in [1.54, 1.807) is 17.7 Å². The fraction of sp³-hybridized carbons (Fsp3) is 0.368. The minimum absolute atomic E-state index is 0.260. The monoisotopic (exact) mass is 386 g/mol. The standard InChI is InChI=1S/C19H19ClN4OS/c20-13-3-1-12(2-4-13)14-5-6-15-17(22-11-21-15)18-16(14)23-19(26-18)24-7-9-25-10-8-24/h1-4,11,14H,5-10H2,(H,21,22). The van der Waals surface area contributed by atoms with Gasteiger partial charge in [0.05, 0.1) is 41.5 Å². The van der Waals surface area contributed by atoms with E-state index in [0.717, 1.165) is 66.4 Å². The van der Waals surface area contributed by atoms with Gasteiger partial charge in [-0.3, -0.25) is 0 Å². The molecule has 0 spiro atoms. The predicted molar refractivity (Wildman–Crippen MR) is 104 cm³/mol. The molecule has 3 heterocycles. The first-order valence-electron chi connectivity index (χ1n) is 8.91. The highest BCUT2D eigenvalue weighted by Crippen LogP contribution is 2.45. The van der Waals surface area contributed by atoms with Crippen molar-refractivity contribution in [1.29, 1.82) is 0 Å². The first kappa shape index (κ1) is 16.3. The van der Waals surface area contributed by atoms with Crippen LogP contribution in [0.1, 0.15) is 29.3 Å². The number of nitrogens with one attached hydrogen (secondary N) is 1. The Kier molecular flexibility index (Phi) is 4.19. The summed E-state index contributed by atoms with van der Waals surface area (Å²) in [6.07, 6.45) is 3.74. The molecule has 1 aliphatic heterocycles. The average molecular weight is 387 g/mol. The number of H-pyrrole nitrogens is 1. The molecule has 26 heavy (non-hydrogen) atoms. The summed E-state index contributed by atoms with van der Waals surface area (Å²) in [5.74, 6) is 0.260. The molecule has 1 atom stereocenters. The van der Waals surface area contributed by atoms with Crippen molar-refractivity contribution >= 4 is 28.1 Å². The van der Waals surface area contributed by atoms with Crippen molar-refractivity contribution in [3.63, 3.8) is 0 Å². The second-order valence-corrected chi connectivity index (χ2v) is 8.09. The lowest BCUT2D eigenvalue weighted by molar-refractivity contribution is 0.122. The zero-order valence-corrected chi connectivity index (χ0v) is 15.8. The van der Waals surface area contributed by atoms with Crippen LogP contribution in [0.3, 0.4) is 0 Å². The molecule has 5 nitrogen and oxygen atoms in total. The summed E-state index contributed by atoms with van der Waals surface area (Å²) >= 11 is 7.86. The normalized spacial score (nSPS) is 19.7. The van der Waals surface area contributed by atoms with Crippen LogP contribution >= 0.6 is 22.9 Å². The minimum atomic E-state index is 0.260. The van der Waals surface area contributed by atoms with Crippen molar-refractivity contribution in [1.82, 2.24) is 15.0 Å². The third kappa shape index (κ3) is 2.82. The van der Waals surface area contributed by atoms with Gasteiger partial charge in [-0.2, -0.15) is 0 Å². The van der Waals surface area contributed by atoms with Crippen LogP contribution in [0.15, 0.2) is 30.6 Å². The molecule has 1 aromatic carbocycles. The third-order valence-corrected chi connectivity index (χ3v) is 6.54. The summed E-state index contributed by atoms with van der Waals surface area (Å²) in [6.45, 7) is 3.32. The minimum Gasteiger partial charge on any atom is -0.378 e. The Bertz CT molecular complexity index is 914. The Hall–Kier alpha value is -1.89. The van der Waals surface area contributed by atoms with Crippen LogP contribution in [0.2, 0.25) is 5.02 Å². The average Bonchev–Trinajstić information content (AvgIpc) is 3.29. The Morgan fingerprint density at radius 1 is 1.19 bits per heavy atom. The first-order chi connectivity index (χ1) is 12.8. The lowest BCUT2D eigenvalue weighted by Gasteiger charge is -2.26. The Labute approximate surface area is 161 Å². The van der Waals surface area contributed by atoms with E-state index in [1.165, 1.54) is 10.4 Å². The van der Waals surface area contributed by atoms with Gasteiger partial charge in [0.2, 0.25) is 0 Å². The van der Waals surface area contributed by atoms with Gasteiger partial charge in [-0.25, -0.2) is 9.97 Å². The van der Waals surface area contributed by atoms with Crippen LogP contribution in [0, 0.1) is 0 Å². The SMILES string of the molecule is Clc1ccc(C2CCc3nc[nH]c3-c3sc(N4CCOCC4)nc32)cc1. The largest absolute Gasteiger partial charge is 0.378 e. The van der Waals surface area contributed by atoms with Gasteiger partial charge < -0.3 is 14.6 Å².